The van der Waals surface area contributed by atoms with Gasteiger partial charge in [-0.15, -0.1) is 0 Å². The molecule has 0 aliphatic carbocycles. The van der Waals surface area contributed by atoms with E-state index in [1.165, 1.54) is 6.20 Å². The lowest BCUT2D eigenvalue weighted by Gasteiger charge is -2.28. The van der Waals surface area contributed by atoms with Crippen LogP contribution in [0.3, 0.4) is 0 Å². The number of hydrogen-bond acceptors (Lipinski definition) is 5. The standard InChI is InChI=1S/C10H14N2O4/c1-2-6-4-11-10-12(9(6)15)8(14)3-7(5-13)16-10/h4,7-8,13-14H,2-3,5H2,1H3/t7-,8?/m1/s1. The molecule has 0 radical (unpaired) electrons. The first-order valence-electron chi connectivity index (χ1n) is 5.23. The summed E-state index contributed by atoms with van der Waals surface area (Å²) in [5.41, 5.74) is 0.255. The lowest BCUT2D eigenvalue weighted by Crippen LogP contribution is -2.39. The molecule has 16 heavy (non-hydrogen) atoms. The third kappa shape index (κ3) is 1.70. The molecule has 0 fully saturated rings. The van der Waals surface area contributed by atoms with Gasteiger partial charge in [0.05, 0.1) is 6.61 Å². The van der Waals surface area contributed by atoms with E-state index in [2.05, 4.69) is 4.98 Å². The van der Waals surface area contributed by atoms with Crippen molar-refractivity contribution in [1.29, 1.82) is 0 Å². The molecule has 1 aliphatic heterocycles. The van der Waals surface area contributed by atoms with Gasteiger partial charge in [-0.2, -0.15) is 0 Å². The van der Waals surface area contributed by atoms with Gasteiger partial charge in [-0.05, 0) is 6.42 Å². The van der Waals surface area contributed by atoms with E-state index in [-0.39, 0.29) is 24.6 Å². The van der Waals surface area contributed by atoms with Gasteiger partial charge >= 0.3 is 6.01 Å². The van der Waals surface area contributed by atoms with Crippen LogP contribution in [0.25, 0.3) is 0 Å². The lowest BCUT2D eigenvalue weighted by molar-refractivity contribution is -0.0260. The van der Waals surface area contributed by atoms with E-state index < -0.39 is 12.3 Å². The third-order valence-corrected chi connectivity index (χ3v) is 2.66. The Morgan fingerprint density at radius 2 is 2.44 bits per heavy atom. The van der Waals surface area contributed by atoms with Crippen LogP contribution in [-0.2, 0) is 6.42 Å². The Bertz CT molecular complexity index is 443. The number of aromatic nitrogens is 2. The molecule has 0 spiro atoms. The van der Waals surface area contributed by atoms with Crippen molar-refractivity contribution in [3.8, 4) is 6.01 Å². The van der Waals surface area contributed by atoms with Crippen LogP contribution >= 0.6 is 0 Å². The fourth-order valence-electron chi connectivity index (χ4n) is 1.73. The second-order valence-electron chi connectivity index (χ2n) is 3.73. The first-order valence-corrected chi connectivity index (χ1v) is 5.23. The van der Waals surface area contributed by atoms with Gasteiger partial charge in [-0.1, -0.05) is 6.92 Å². The van der Waals surface area contributed by atoms with E-state index in [1.54, 1.807) is 0 Å². The molecule has 2 rings (SSSR count). The first-order chi connectivity index (χ1) is 7.67. The van der Waals surface area contributed by atoms with Crippen molar-refractivity contribution in [3.05, 3.63) is 22.1 Å². The van der Waals surface area contributed by atoms with Crippen LogP contribution in [0.4, 0.5) is 0 Å². The number of hydrogen-bond donors (Lipinski definition) is 2. The first kappa shape index (κ1) is 11.1. The SMILES string of the molecule is CCc1cnc2n(c1=O)C(O)C[C@H](CO)O2. The Balaban J connectivity index is 2.48. The average molecular weight is 226 g/mol. The number of nitrogens with zero attached hydrogens (tertiary/aromatic N) is 2. The summed E-state index contributed by atoms with van der Waals surface area (Å²) in [5, 5.41) is 18.7. The van der Waals surface area contributed by atoms with Gasteiger partial charge in [-0.3, -0.25) is 4.79 Å². The van der Waals surface area contributed by atoms with Crippen molar-refractivity contribution < 1.29 is 14.9 Å². The molecule has 0 saturated heterocycles. The van der Waals surface area contributed by atoms with Gasteiger partial charge in [0.2, 0.25) is 0 Å². The molecular formula is C10H14N2O4. The Kier molecular flexibility index (Phi) is 2.93. The van der Waals surface area contributed by atoms with Gasteiger partial charge < -0.3 is 14.9 Å². The highest BCUT2D eigenvalue weighted by atomic mass is 16.5. The van der Waals surface area contributed by atoms with Crippen molar-refractivity contribution in [2.24, 2.45) is 0 Å². The van der Waals surface area contributed by atoms with Crippen molar-refractivity contribution in [2.75, 3.05) is 6.61 Å². The zero-order chi connectivity index (χ0) is 11.7. The summed E-state index contributed by atoms with van der Waals surface area (Å²) < 4.78 is 6.40. The average Bonchev–Trinajstić information content (AvgIpc) is 2.28. The van der Waals surface area contributed by atoms with Gasteiger partial charge in [0, 0.05) is 18.2 Å². The molecule has 6 nitrogen and oxygen atoms in total. The molecule has 1 aromatic rings. The summed E-state index contributed by atoms with van der Waals surface area (Å²) in [5.74, 6) is 0. The molecule has 0 aromatic carbocycles. The van der Waals surface area contributed by atoms with E-state index in [9.17, 15) is 9.90 Å². The second-order valence-corrected chi connectivity index (χ2v) is 3.73. The number of aryl methyl sites for hydroxylation is 1. The van der Waals surface area contributed by atoms with Crippen LogP contribution in [0.15, 0.2) is 11.0 Å². The highest BCUT2D eigenvalue weighted by Crippen LogP contribution is 2.23. The van der Waals surface area contributed by atoms with Crippen molar-refractivity contribution in [1.82, 2.24) is 9.55 Å². The molecule has 0 amide bonds. The van der Waals surface area contributed by atoms with Crippen LogP contribution < -0.4 is 10.3 Å². The predicted octanol–water partition coefficient (Wildman–Crippen LogP) is -0.560. The van der Waals surface area contributed by atoms with Crippen molar-refractivity contribution in [3.63, 3.8) is 0 Å². The molecule has 2 heterocycles. The summed E-state index contributed by atoms with van der Waals surface area (Å²) in [4.78, 5) is 15.8. The fraction of sp³-hybridized carbons (Fsp3) is 0.600. The minimum atomic E-state index is -0.979. The largest absolute Gasteiger partial charge is 0.459 e. The molecule has 0 saturated carbocycles. The summed E-state index contributed by atoms with van der Waals surface area (Å²) in [7, 11) is 0. The van der Waals surface area contributed by atoms with Gasteiger partial charge in [0.25, 0.3) is 5.56 Å². The Morgan fingerprint density at radius 3 is 3.06 bits per heavy atom. The minimum Gasteiger partial charge on any atom is -0.459 e. The topological polar surface area (TPSA) is 84.6 Å². The van der Waals surface area contributed by atoms with Crippen molar-refractivity contribution >= 4 is 0 Å². The summed E-state index contributed by atoms with van der Waals surface area (Å²) in [6, 6.07) is 0.0694. The number of fused-ring (bicyclic) bond motifs is 1. The van der Waals surface area contributed by atoms with E-state index in [0.29, 0.717) is 12.0 Å². The van der Waals surface area contributed by atoms with Crippen LogP contribution in [0, 0.1) is 0 Å². The highest BCUT2D eigenvalue weighted by molar-refractivity contribution is 5.12. The predicted molar refractivity (Wildman–Crippen MR) is 55.2 cm³/mol. The molecule has 6 heteroatoms. The van der Waals surface area contributed by atoms with Gasteiger partial charge in [0.15, 0.2) is 0 Å². The van der Waals surface area contributed by atoms with E-state index >= 15 is 0 Å². The molecule has 88 valence electrons. The van der Waals surface area contributed by atoms with Crippen LogP contribution in [-0.4, -0.2) is 32.5 Å². The molecule has 1 unspecified atom stereocenters. The molecule has 1 aliphatic rings. The molecule has 1 aromatic heterocycles. The zero-order valence-corrected chi connectivity index (χ0v) is 8.96. The zero-order valence-electron chi connectivity index (χ0n) is 8.96. The smallest absolute Gasteiger partial charge is 0.301 e. The summed E-state index contributed by atoms with van der Waals surface area (Å²) in [6.45, 7) is 1.64. The Morgan fingerprint density at radius 1 is 1.69 bits per heavy atom. The van der Waals surface area contributed by atoms with Crippen molar-refractivity contribution in [2.45, 2.75) is 32.1 Å². The monoisotopic (exact) mass is 226 g/mol. The van der Waals surface area contributed by atoms with E-state index in [0.717, 1.165) is 4.57 Å². The normalized spacial score (nSPS) is 23.7. The number of rotatable bonds is 2. The quantitative estimate of drug-likeness (QED) is 0.706. The molecule has 2 N–H and O–H groups in total. The van der Waals surface area contributed by atoms with Gasteiger partial charge in [0.1, 0.15) is 12.3 Å². The maximum Gasteiger partial charge on any atom is 0.301 e. The minimum absolute atomic E-state index is 0.0694. The number of aliphatic hydroxyl groups is 2. The summed E-state index contributed by atoms with van der Waals surface area (Å²) in [6.07, 6.45) is 0.711. The van der Waals surface area contributed by atoms with Crippen LogP contribution in [0.1, 0.15) is 25.1 Å². The van der Waals surface area contributed by atoms with E-state index in [4.69, 9.17) is 9.84 Å². The van der Waals surface area contributed by atoms with Crippen LogP contribution in [0.5, 0.6) is 6.01 Å². The lowest BCUT2D eigenvalue weighted by atomic mass is 10.2. The highest BCUT2D eigenvalue weighted by Gasteiger charge is 2.28. The maximum atomic E-state index is 11.9. The molecular weight excluding hydrogens is 212 g/mol. The molecule has 2 atom stereocenters. The fourth-order valence-corrected chi connectivity index (χ4v) is 1.73. The Labute approximate surface area is 92.1 Å². The van der Waals surface area contributed by atoms with Crippen LogP contribution in [0.2, 0.25) is 0 Å². The summed E-state index contributed by atoms with van der Waals surface area (Å²) >= 11 is 0. The van der Waals surface area contributed by atoms with E-state index in [1.807, 2.05) is 6.92 Å². The second kappa shape index (κ2) is 4.23. The maximum absolute atomic E-state index is 11.9. The Hall–Kier alpha value is -1.40. The number of ether oxygens (including phenoxy) is 1. The molecule has 0 bridgehead atoms. The number of aliphatic hydroxyl groups excluding tert-OH is 2. The van der Waals surface area contributed by atoms with Gasteiger partial charge in [-0.25, -0.2) is 9.55 Å². The third-order valence-electron chi connectivity index (χ3n) is 2.66.